The minimum Gasteiger partial charge on any atom is -0.457 e. The third kappa shape index (κ3) is 8.10. The highest BCUT2D eigenvalue weighted by Crippen LogP contribution is 2.22. The molecule has 0 heterocycles. The van der Waals surface area contributed by atoms with Gasteiger partial charge in [0.25, 0.3) is 5.91 Å². The van der Waals surface area contributed by atoms with Crippen LogP contribution in [0.15, 0.2) is 119 Å². The molecule has 0 aliphatic rings. The number of hydrogen-bond donors (Lipinski definition) is 2. The van der Waals surface area contributed by atoms with Gasteiger partial charge in [-0.25, -0.2) is 13.8 Å². The molecule has 4 aromatic carbocycles. The van der Waals surface area contributed by atoms with Crippen LogP contribution < -0.4 is 15.5 Å². The van der Waals surface area contributed by atoms with Crippen LogP contribution >= 0.6 is 0 Å². The predicted molar refractivity (Wildman–Crippen MR) is 153 cm³/mol. The molecule has 4 aromatic rings. The molecule has 2 N–H and O–H groups in total. The maximum Gasteiger partial charge on any atom is 0.255 e. The molecule has 4 rings (SSSR count). The number of hydrazone groups is 1. The van der Waals surface area contributed by atoms with E-state index < -0.39 is 22.5 Å². The number of para-hydroxylation sites is 1. The van der Waals surface area contributed by atoms with E-state index in [2.05, 4.69) is 15.8 Å². The summed E-state index contributed by atoms with van der Waals surface area (Å²) >= 11 is 0. The zero-order valence-corrected chi connectivity index (χ0v) is 22.5. The lowest BCUT2D eigenvalue weighted by molar-refractivity contribution is -0.121. The van der Waals surface area contributed by atoms with Crippen LogP contribution in [0.2, 0.25) is 0 Å². The van der Waals surface area contributed by atoms with Crippen LogP contribution in [-0.4, -0.2) is 37.3 Å². The molecule has 0 bridgehead atoms. The molecule has 0 atom stereocenters. The number of amides is 2. The van der Waals surface area contributed by atoms with Gasteiger partial charge in [-0.3, -0.25) is 9.59 Å². The molecular formula is C30H28N4O5S. The zero-order valence-electron chi connectivity index (χ0n) is 21.7. The van der Waals surface area contributed by atoms with Crippen LogP contribution in [0, 0.1) is 0 Å². The molecule has 0 saturated carbocycles. The van der Waals surface area contributed by atoms with Crippen molar-refractivity contribution in [2.45, 2.75) is 18.4 Å². The number of benzene rings is 4. The van der Waals surface area contributed by atoms with Crippen molar-refractivity contribution in [3.05, 3.63) is 120 Å². The van der Waals surface area contributed by atoms with Crippen LogP contribution in [0.4, 0.5) is 5.69 Å². The maximum absolute atomic E-state index is 13.5. The number of anilines is 1. The lowest BCUT2D eigenvalue weighted by atomic mass is 10.2. The van der Waals surface area contributed by atoms with E-state index in [1.54, 1.807) is 48.5 Å². The monoisotopic (exact) mass is 556 g/mol. The highest BCUT2D eigenvalue weighted by Gasteiger charge is 2.27. The van der Waals surface area contributed by atoms with Crippen LogP contribution in [0.25, 0.3) is 0 Å². The second kappa shape index (κ2) is 13.3. The maximum atomic E-state index is 13.5. The third-order valence-corrected chi connectivity index (χ3v) is 7.38. The Morgan fingerprint density at radius 3 is 2.17 bits per heavy atom. The van der Waals surface area contributed by atoms with E-state index in [1.165, 1.54) is 37.4 Å². The Balaban J connectivity index is 1.45. The summed E-state index contributed by atoms with van der Waals surface area (Å²) in [5.74, 6) is 0.414. The SMILES string of the molecule is CC(=O)Nc1ccc(S(=O)(=O)N(CC(=O)N/N=C\c2cccc(Oc3ccccc3)c2)Cc2ccccc2)cc1. The summed E-state index contributed by atoms with van der Waals surface area (Å²) in [5, 5.41) is 6.60. The lowest BCUT2D eigenvalue weighted by Crippen LogP contribution is -2.39. The van der Waals surface area contributed by atoms with Gasteiger partial charge in [-0.2, -0.15) is 9.41 Å². The van der Waals surface area contributed by atoms with Crippen LogP contribution in [0.5, 0.6) is 11.5 Å². The molecule has 0 unspecified atom stereocenters. The molecule has 0 saturated heterocycles. The number of carbonyl (C=O) groups excluding carboxylic acids is 2. The van der Waals surface area contributed by atoms with Crippen molar-refractivity contribution in [2.24, 2.45) is 5.10 Å². The van der Waals surface area contributed by atoms with E-state index in [0.29, 0.717) is 28.3 Å². The Hall–Kier alpha value is -4.80. The summed E-state index contributed by atoms with van der Waals surface area (Å²) in [5.41, 5.74) is 4.27. The molecule has 0 aromatic heterocycles. The summed E-state index contributed by atoms with van der Waals surface area (Å²) < 4.78 is 33.9. The van der Waals surface area contributed by atoms with Crippen molar-refractivity contribution >= 4 is 33.7 Å². The van der Waals surface area contributed by atoms with E-state index in [9.17, 15) is 18.0 Å². The number of sulfonamides is 1. The van der Waals surface area contributed by atoms with Gasteiger partial charge in [-0.1, -0.05) is 60.7 Å². The Labute approximate surface area is 233 Å². The van der Waals surface area contributed by atoms with Crippen molar-refractivity contribution in [2.75, 3.05) is 11.9 Å². The molecule has 0 fully saturated rings. The van der Waals surface area contributed by atoms with Crippen LogP contribution in [0.1, 0.15) is 18.1 Å². The van der Waals surface area contributed by atoms with E-state index in [4.69, 9.17) is 4.74 Å². The van der Waals surface area contributed by atoms with Crippen molar-refractivity contribution in [1.29, 1.82) is 0 Å². The van der Waals surface area contributed by atoms with Crippen molar-refractivity contribution < 1.29 is 22.7 Å². The quantitative estimate of drug-likeness (QED) is 0.204. The summed E-state index contributed by atoms with van der Waals surface area (Å²) in [4.78, 5) is 24.1. The van der Waals surface area contributed by atoms with Gasteiger partial charge in [0.2, 0.25) is 15.9 Å². The normalized spacial score (nSPS) is 11.3. The van der Waals surface area contributed by atoms with Gasteiger partial charge in [0.1, 0.15) is 11.5 Å². The standard InChI is InChI=1S/C30H28N4O5S/c1-23(35)32-26-15-17-29(18-16-26)40(37,38)34(21-24-9-4-2-5-10-24)22-30(36)33-31-20-25-11-8-14-28(19-25)39-27-12-6-3-7-13-27/h2-20H,21-22H2,1H3,(H,32,35)(H,33,36)/b31-20-. The number of ether oxygens (including phenoxy) is 1. The first-order valence-electron chi connectivity index (χ1n) is 12.4. The molecule has 0 aliphatic heterocycles. The first-order chi connectivity index (χ1) is 19.3. The molecule has 10 heteroatoms. The smallest absolute Gasteiger partial charge is 0.255 e. The van der Waals surface area contributed by atoms with Gasteiger partial charge in [-0.05, 0) is 59.7 Å². The van der Waals surface area contributed by atoms with E-state index >= 15 is 0 Å². The number of nitrogens with zero attached hydrogens (tertiary/aromatic N) is 2. The van der Waals surface area contributed by atoms with Gasteiger partial charge in [-0.15, -0.1) is 0 Å². The first kappa shape index (κ1) is 28.2. The molecule has 0 radical (unpaired) electrons. The summed E-state index contributed by atoms with van der Waals surface area (Å²) in [6, 6.07) is 31.2. The average Bonchev–Trinajstić information content (AvgIpc) is 2.94. The van der Waals surface area contributed by atoms with Crippen molar-refractivity contribution in [3.8, 4) is 11.5 Å². The highest BCUT2D eigenvalue weighted by molar-refractivity contribution is 7.89. The first-order valence-corrected chi connectivity index (χ1v) is 13.8. The number of hydrogen-bond acceptors (Lipinski definition) is 6. The fourth-order valence-electron chi connectivity index (χ4n) is 3.73. The Bertz CT molecular complexity index is 1580. The fraction of sp³-hybridized carbons (Fsp3) is 0.100. The molecular weight excluding hydrogens is 528 g/mol. The lowest BCUT2D eigenvalue weighted by Gasteiger charge is -2.21. The topological polar surface area (TPSA) is 117 Å². The molecule has 2 amide bonds. The van der Waals surface area contributed by atoms with E-state index in [1.807, 2.05) is 36.4 Å². The predicted octanol–water partition coefficient (Wildman–Crippen LogP) is 4.78. The van der Waals surface area contributed by atoms with Gasteiger partial charge >= 0.3 is 0 Å². The zero-order chi connectivity index (χ0) is 28.4. The third-order valence-electron chi connectivity index (χ3n) is 5.57. The number of rotatable bonds is 11. The minimum atomic E-state index is -4.06. The van der Waals surface area contributed by atoms with Crippen LogP contribution in [-0.2, 0) is 26.2 Å². The Morgan fingerprint density at radius 2 is 1.50 bits per heavy atom. The average molecular weight is 557 g/mol. The van der Waals surface area contributed by atoms with Crippen molar-refractivity contribution in [3.63, 3.8) is 0 Å². The molecule has 204 valence electrons. The van der Waals surface area contributed by atoms with E-state index in [-0.39, 0.29) is 17.3 Å². The van der Waals surface area contributed by atoms with E-state index in [0.717, 1.165) is 4.31 Å². The highest BCUT2D eigenvalue weighted by atomic mass is 32.2. The second-order valence-electron chi connectivity index (χ2n) is 8.75. The summed E-state index contributed by atoms with van der Waals surface area (Å²) in [7, 11) is -4.06. The van der Waals surface area contributed by atoms with Crippen LogP contribution in [0.3, 0.4) is 0 Å². The Kier molecular flexibility index (Phi) is 9.39. The number of carbonyl (C=O) groups is 2. The fourth-order valence-corrected chi connectivity index (χ4v) is 5.12. The summed E-state index contributed by atoms with van der Waals surface area (Å²) in [6.07, 6.45) is 1.45. The van der Waals surface area contributed by atoms with Crippen molar-refractivity contribution in [1.82, 2.24) is 9.73 Å². The van der Waals surface area contributed by atoms with Gasteiger partial charge in [0.15, 0.2) is 0 Å². The molecule has 9 nitrogen and oxygen atoms in total. The Morgan fingerprint density at radius 1 is 0.850 bits per heavy atom. The van der Waals surface area contributed by atoms with Gasteiger partial charge < -0.3 is 10.1 Å². The minimum absolute atomic E-state index is 0.0101. The van der Waals surface area contributed by atoms with Gasteiger partial charge in [0.05, 0.1) is 17.7 Å². The second-order valence-corrected chi connectivity index (χ2v) is 10.7. The largest absolute Gasteiger partial charge is 0.457 e. The molecule has 40 heavy (non-hydrogen) atoms. The molecule has 0 aliphatic carbocycles. The molecule has 0 spiro atoms. The number of nitrogens with one attached hydrogen (secondary N) is 2. The summed E-state index contributed by atoms with van der Waals surface area (Å²) in [6.45, 7) is 0.883. The van der Waals surface area contributed by atoms with Gasteiger partial charge in [0, 0.05) is 19.2 Å².